The molecule has 0 unspecified atom stereocenters. The Morgan fingerprint density at radius 1 is 1.50 bits per heavy atom. The highest BCUT2D eigenvalue weighted by Crippen LogP contribution is 2.33. The number of halogens is 1. The van der Waals surface area contributed by atoms with Crippen LogP contribution in [0, 0.1) is 6.92 Å². The Balaban J connectivity index is 1.90. The number of aliphatic hydroxyl groups is 1. The predicted octanol–water partition coefficient (Wildman–Crippen LogP) is 2.98. The molecule has 0 bridgehead atoms. The fraction of sp³-hybridized carbons (Fsp3) is 0.500. The van der Waals surface area contributed by atoms with E-state index in [9.17, 15) is 5.11 Å². The Morgan fingerprint density at radius 2 is 2.28 bits per heavy atom. The number of hydrogen-bond donors (Lipinski definition) is 2. The molecule has 1 saturated carbocycles. The predicted molar refractivity (Wildman–Crippen MR) is 74.5 cm³/mol. The third kappa shape index (κ3) is 2.18. The third-order valence-electron chi connectivity index (χ3n) is 3.36. The van der Waals surface area contributed by atoms with Gasteiger partial charge in [-0.15, -0.1) is 11.3 Å². The Labute approximate surface area is 114 Å². The second-order valence-electron chi connectivity index (χ2n) is 4.85. The lowest BCUT2D eigenvalue weighted by atomic mass is 9.80. The lowest BCUT2D eigenvalue weighted by Gasteiger charge is -2.36. The third-order valence-corrected chi connectivity index (χ3v) is 4.47. The van der Waals surface area contributed by atoms with Crippen LogP contribution in [0.2, 0.25) is 5.28 Å². The summed E-state index contributed by atoms with van der Waals surface area (Å²) in [5, 5.41) is 14.5. The SMILES string of the molecule is Cc1cc2c(NCC3(O)CCC3)nc(Cl)nc2s1. The minimum atomic E-state index is -0.575. The summed E-state index contributed by atoms with van der Waals surface area (Å²) in [5.41, 5.74) is -0.575. The highest BCUT2D eigenvalue weighted by molar-refractivity contribution is 7.18. The summed E-state index contributed by atoms with van der Waals surface area (Å²) in [6.45, 7) is 2.55. The number of nitrogens with one attached hydrogen (secondary N) is 1. The maximum Gasteiger partial charge on any atom is 0.225 e. The van der Waals surface area contributed by atoms with Crippen molar-refractivity contribution in [2.45, 2.75) is 31.8 Å². The van der Waals surface area contributed by atoms with E-state index < -0.39 is 5.60 Å². The Hall–Kier alpha value is -0.910. The monoisotopic (exact) mass is 283 g/mol. The van der Waals surface area contributed by atoms with Crippen LogP contribution < -0.4 is 5.32 Å². The largest absolute Gasteiger partial charge is 0.388 e. The number of aryl methyl sites for hydroxylation is 1. The van der Waals surface area contributed by atoms with Gasteiger partial charge in [-0.25, -0.2) is 9.97 Å². The highest BCUT2D eigenvalue weighted by Gasteiger charge is 2.34. The summed E-state index contributed by atoms with van der Waals surface area (Å²) in [4.78, 5) is 10.5. The Morgan fingerprint density at radius 3 is 2.94 bits per heavy atom. The number of thiophene rings is 1. The number of hydrogen-bond acceptors (Lipinski definition) is 5. The minimum Gasteiger partial charge on any atom is -0.388 e. The molecule has 2 N–H and O–H groups in total. The van der Waals surface area contributed by atoms with Gasteiger partial charge >= 0.3 is 0 Å². The van der Waals surface area contributed by atoms with Crippen LogP contribution in [0.4, 0.5) is 5.82 Å². The van der Waals surface area contributed by atoms with Crippen LogP contribution in [0.5, 0.6) is 0 Å². The molecule has 0 aromatic carbocycles. The first kappa shape index (κ1) is 12.1. The fourth-order valence-electron chi connectivity index (χ4n) is 2.16. The van der Waals surface area contributed by atoms with E-state index in [-0.39, 0.29) is 5.28 Å². The summed E-state index contributed by atoms with van der Waals surface area (Å²) < 4.78 is 0. The van der Waals surface area contributed by atoms with Crippen molar-refractivity contribution < 1.29 is 5.11 Å². The molecule has 0 spiro atoms. The first-order valence-corrected chi connectivity index (χ1v) is 7.15. The van der Waals surface area contributed by atoms with Gasteiger partial charge in [0.05, 0.1) is 11.0 Å². The zero-order valence-corrected chi connectivity index (χ0v) is 11.6. The van der Waals surface area contributed by atoms with Crippen LogP contribution in [0.3, 0.4) is 0 Å². The molecule has 96 valence electrons. The van der Waals surface area contributed by atoms with Gasteiger partial charge in [-0.2, -0.15) is 0 Å². The van der Waals surface area contributed by atoms with Crippen molar-refractivity contribution in [1.29, 1.82) is 0 Å². The molecule has 1 aliphatic carbocycles. The molecule has 6 heteroatoms. The van der Waals surface area contributed by atoms with E-state index in [1.807, 2.05) is 13.0 Å². The first-order valence-electron chi connectivity index (χ1n) is 5.96. The molecule has 4 nitrogen and oxygen atoms in total. The molecule has 0 aliphatic heterocycles. The second-order valence-corrected chi connectivity index (χ2v) is 6.42. The van der Waals surface area contributed by atoms with Crippen LogP contribution in [0.25, 0.3) is 10.2 Å². The highest BCUT2D eigenvalue weighted by atomic mass is 35.5. The molecular formula is C12H14ClN3OS. The van der Waals surface area contributed by atoms with Crippen molar-refractivity contribution in [3.05, 3.63) is 16.2 Å². The molecule has 18 heavy (non-hydrogen) atoms. The molecule has 3 rings (SSSR count). The maximum absolute atomic E-state index is 10.1. The molecular weight excluding hydrogens is 270 g/mol. The van der Waals surface area contributed by atoms with E-state index in [0.29, 0.717) is 6.54 Å². The van der Waals surface area contributed by atoms with Gasteiger partial charge in [0.2, 0.25) is 5.28 Å². The molecule has 2 heterocycles. The second kappa shape index (κ2) is 4.33. The van der Waals surface area contributed by atoms with Crippen molar-refractivity contribution in [2.24, 2.45) is 0 Å². The van der Waals surface area contributed by atoms with Gasteiger partial charge in [0.15, 0.2) is 0 Å². The molecule has 0 amide bonds. The molecule has 1 aliphatic rings. The van der Waals surface area contributed by atoms with Crippen LogP contribution in [-0.4, -0.2) is 27.2 Å². The van der Waals surface area contributed by atoms with E-state index in [4.69, 9.17) is 11.6 Å². The summed E-state index contributed by atoms with van der Waals surface area (Å²) in [5.74, 6) is 0.717. The molecule has 2 aromatic heterocycles. The lowest BCUT2D eigenvalue weighted by Crippen LogP contribution is -2.43. The van der Waals surface area contributed by atoms with Crippen molar-refractivity contribution in [3.63, 3.8) is 0 Å². The van der Waals surface area contributed by atoms with Crippen molar-refractivity contribution in [2.75, 3.05) is 11.9 Å². The molecule has 0 radical (unpaired) electrons. The minimum absolute atomic E-state index is 0.243. The van der Waals surface area contributed by atoms with Crippen molar-refractivity contribution >= 4 is 39.0 Å². The van der Waals surface area contributed by atoms with Crippen LogP contribution in [0.1, 0.15) is 24.1 Å². The van der Waals surface area contributed by atoms with Gasteiger partial charge in [0.25, 0.3) is 0 Å². The average molecular weight is 284 g/mol. The topological polar surface area (TPSA) is 58.0 Å². The van der Waals surface area contributed by atoms with Gasteiger partial charge in [0.1, 0.15) is 10.6 Å². The van der Waals surface area contributed by atoms with Gasteiger partial charge in [-0.05, 0) is 43.9 Å². The molecule has 0 atom stereocenters. The quantitative estimate of drug-likeness (QED) is 0.850. The number of nitrogens with zero attached hydrogens (tertiary/aromatic N) is 2. The van der Waals surface area contributed by atoms with Crippen LogP contribution >= 0.6 is 22.9 Å². The van der Waals surface area contributed by atoms with Gasteiger partial charge < -0.3 is 10.4 Å². The van der Waals surface area contributed by atoms with Crippen molar-refractivity contribution in [1.82, 2.24) is 9.97 Å². The van der Waals surface area contributed by atoms with E-state index in [1.165, 1.54) is 4.88 Å². The number of rotatable bonds is 3. The number of aromatic nitrogens is 2. The normalized spacial score (nSPS) is 17.7. The van der Waals surface area contributed by atoms with E-state index in [1.54, 1.807) is 11.3 Å². The summed E-state index contributed by atoms with van der Waals surface area (Å²) in [6, 6.07) is 2.05. The first-order chi connectivity index (χ1) is 8.56. The van der Waals surface area contributed by atoms with Gasteiger partial charge in [0, 0.05) is 11.4 Å². The molecule has 2 aromatic rings. The standard InChI is InChI=1S/C12H14ClN3OS/c1-7-5-8-9(14-6-12(17)3-2-4-12)15-11(13)16-10(8)18-7/h5,17H,2-4,6H2,1H3,(H,14,15,16). The maximum atomic E-state index is 10.1. The van der Waals surface area contributed by atoms with E-state index >= 15 is 0 Å². The van der Waals surface area contributed by atoms with Gasteiger partial charge in [-0.3, -0.25) is 0 Å². The fourth-order valence-corrected chi connectivity index (χ4v) is 3.26. The Kier molecular flexibility index (Phi) is 2.92. The summed E-state index contributed by atoms with van der Waals surface area (Å²) in [6.07, 6.45) is 2.80. The van der Waals surface area contributed by atoms with E-state index in [2.05, 4.69) is 15.3 Å². The smallest absolute Gasteiger partial charge is 0.225 e. The zero-order valence-electron chi connectivity index (χ0n) is 10.0. The summed E-state index contributed by atoms with van der Waals surface area (Å²) in [7, 11) is 0. The Bertz CT molecular complexity index is 594. The zero-order chi connectivity index (χ0) is 12.8. The lowest BCUT2D eigenvalue weighted by molar-refractivity contribution is -0.0202. The summed E-state index contributed by atoms with van der Waals surface area (Å²) >= 11 is 7.51. The van der Waals surface area contributed by atoms with Crippen LogP contribution in [-0.2, 0) is 0 Å². The average Bonchev–Trinajstić information content (AvgIpc) is 2.63. The van der Waals surface area contributed by atoms with Crippen molar-refractivity contribution in [3.8, 4) is 0 Å². The number of fused-ring (bicyclic) bond motifs is 1. The van der Waals surface area contributed by atoms with Gasteiger partial charge in [-0.1, -0.05) is 0 Å². The molecule has 0 saturated heterocycles. The molecule has 1 fully saturated rings. The van der Waals surface area contributed by atoms with E-state index in [0.717, 1.165) is 35.3 Å². The number of anilines is 1. The van der Waals surface area contributed by atoms with Crippen LogP contribution in [0.15, 0.2) is 6.07 Å².